The van der Waals surface area contributed by atoms with Crippen molar-refractivity contribution in [3.05, 3.63) is 12.0 Å². The summed E-state index contributed by atoms with van der Waals surface area (Å²) in [6.45, 7) is 2.21. The number of nitrogen functional groups attached to an aromatic ring is 1. The first-order valence-electron chi connectivity index (χ1n) is 6.55. The Morgan fingerprint density at radius 3 is 2.95 bits per heavy atom. The number of nitrogens with zero attached hydrogens (tertiary/aromatic N) is 4. The molecule has 0 radical (unpaired) electrons. The molecule has 2 unspecified atom stereocenters. The molecule has 1 fully saturated rings. The molecular formula is C12H17N5OS2. The number of aryl methyl sites for hydroxylation is 1. The highest BCUT2D eigenvalue weighted by molar-refractivity contribution is 8.06. The van der Waals surface area contributed by atoms with Crippen molar-refractivity contribution in [2.24, 2.45) is 7.05 Å². The lowest BCUT2D eigenvalue weighted by molar-refractivity contribution is 0.421. The van der Waals surface area contributed by atoms with Gasteiger partial charge in [-0.25, -0.2) is 0 Å². The SMILES string of the molecule is CCC1SCCSC1c1noc(-c2cnn(C)c2N)n1. The quantitative estimate of drug-likeness (QED) is 0.931. The molecule has 2 N–H and O–H groups in total. The van der Waals surface area contributed by atoms with Crippen LogP contribution in [0.1, 0.15) is 24.4 Å². The molecule has 0 saturated carbocycles. The van der Waals surface area contributed by atoms with Crippen molar-refractivity contribution >= 4 is 29.3 Å². The zero-order valence-corrected chi connectivity index (χ0v) is 13.1. The van der Waals surface area contributed by atoms with Crippen molar-refractivity contribution in [2.75, 3.05) is 17.2 Å². The van der Waals surface area contributed by atoms with Gasteiger partial charge in [-0.05, 0) is 6.42 Å². The Morgan fingerprint density at radius 1 is 1.45 bits per heavy atom. The van der Waals surface area contributed by atoms with Crippen molar-refractivity contribution < 1.29 is 4.52 Å². The van der Waals surface area contributed by atoms with E-state index in [0.717, 1.165) is 18.0 Å². The number of rotatable bonds is 3. The molecule has 2 aromatic heterocycles. The molecule has 1 aliphatic heterocycles. The molecule has 0 aromatic carbocycles. The third-order valence-corrected chi connectivity index (χ3v) is 6.61. The zero-order valence-electron chi connectivity index (χ0n) is 11.4. The highest BCUT2D eigenvalue weighted by atomic mass is 32.2. The molecule has 6 nitrogen and oxygen atoms in total. The molecule has 1 aliphatic rings. The van der Waals surface area contributed by atoms with Crippen molar-refractivity contribution in [3.63, 3.8) is 0 Å². The average Bonchev–Trinajstić information content (AvgIpc) is 3.07. The molecule has 0 spiro atoms. The summed E-state index contributed by atoms with van der Waals surface area (Å²) >= 11 is 3.90. The number of aromatic nitrogens is 4. The van der Waals surface area contributed by atoms with Crippen LogP contribution in [0.25, 0.3) is 11.5 Å². The van der Waals surface area contributed by atoms with Gasteiger partial charge in [0.05, 0.1) is 11.4 Å². The van der Waals surface area contributed by atoms with Gasteiger partial charge in [0.25, 0.3) is 5.89 Å². The Hall–Kier alpha value is -1.15. The maximum absolute atomic E-state index is 5.94. The predicted octanol–water partition coefficient (Wildman–Crippen LogP) is 2.35. The van der Waals surface area contributed by atoms with Gasteiger partial charge in [0.2, 0.25) is 0 Å². The molecule has 108 valence electrons. The standard InChI is InChI=1S/C12H17N5OS2/c1-3-8-9(20-5-4-19-8)11-15-12(18-16-11)7-6-14-17(2)10(7)13/h6,8-9H,3-5,13H2,1-2H3. The van der Waals surface area contributed by atoms with Gasteiger partial charge < -0.3 is 10.3 Å². The molecule has 20 heavy (non-hydrogen) atoms. The zero-order chi connectivity index (χ0) is 14.1. The molecule has 0 bridgehead atoms. The predicted molar refractivity (Wildman–Crippen MR) is 82.6 cm³/mol. The van der Waals surface area contributed by atoms with Gasteiger partial charge in [0.15, 0.2) is 5.82 Å². The van der Waals surface area contributed by atoms with Crippen LogP contribution in [0.15, 0.2) is 10.7 Å². The second kappa shape index (κ2) is 5.69. The fourth-order valence-electron chi connectivity index (χ4n) is 2.21. The van der Waals surface area contributed by atoms with E-state index in [1.54, 1.807) is 17.9 Å². The van der Waals surface area contributed by atoms with E-state index >= 15 is 0 Å². The summed E-state index contributed by atoms with van der Waals surface area (Å²) in [4.78, 5) is 4.53. The Balaban J connectivity index is 1.88. The Morgan fingerprint density at radius 2 is 2.25 bits per heavy atom. The molecule has 2 atom stereocenters. The van der Waals surface area contributed by atoms with Crippen molar-refractivity contribution in [3.8, 4) is 11.5 Å². The number of nitrogens with two attached hydrogens (primary N) is 1. The lowest BCUT2D eigenvalue weighted by Crippen LogP contribution is -2.19. The summed E-state index contributed by atoms with van der Waals surface area (Å²) in [5.41, 5.74) is 6.64. The minimum absolute atomic E-state index is 0.300. The van der Waals surface area contributed by atoms with E-state index in [2.05, 4.69) is 22.2 Å². The van der Waals surface area contributed by atoms with E-state index in [1.807, 2.05) is 23.5 Å². The van der Waals surface area contributed by atoms with Crippen LogP contribution >= 0.6 is 23.5 Å². The van der Waals surface area contributed by atoms with E-state index in [0.29, 0.717) is 27.8 Å². The van der Waals surface area contributed by atoms with Crippen LogP contribution in [-0.4, -0.2) is 36.7 Å². The van der Waals surface area contributed by atoms with Crippen LogP contribution in [0.4, 0.5) is 5.82 Å². The normalized spacial score (nSPS) is 23.1. The van der Waals surface area contributed by atoms with Crippen LogP contribution < -0.4 is 5.73 Å². The summed E-state index contributed by atoms with van der Waals surface area (Å²) in [6, 6.07) is 0. The summed E-state index contributed by atoms with van der Waals surface area (Å²) in [5, 5.41) is 9.10. The monoisotopic (exact) mass is 311 g/mol. The number of hydrogen-bond acceptors (Lipinski definition) is 7. The van der Waals surface area contributed by atoms with Gasteiger partial charge >= 0.3 is 0 Å². The van der Waals surface area contributed by atoms with Crippen LogP contribution in [0.5, 0.6) is 0 Å². The first-order valence-corrected chi connectivity index (χ1v) is 8.65. The van der Waals surface area contributed by atoms with Crippen LogP contribution in [0, 0.1) is 0 Å². The number of hydrogen-bond donors (Lipinski definition) is 1. The van der Waals surface area contributed by atoms with Gasteiger partial charge in [-0.3, -0.25) is 4.68 Å². The minimum atomic E-state index is 0.300. The molecule has 8 heteroatoms. The molecule has 0 aliphatic carbocycles. The molecule has 3 rings (SSSR count). The van der Waals surface area contributed by atoms with Gasteiger partial charge in [-0.15, -0.1) is 11.8 Å². The Labute approximate surface area is 125 Å². The van der Waals surface area contributed by atoms with Crippen LogP contribution in [0.2, 0.25) is 0 Å². The molecule has 2 aromatic rings. The van der Waals surface area contributed by atoms with Crippen molar-refractivity contribution in [1.82, 2.24) is 19.9 Å². The third kappa shape index (κ3) is 2.42. The highest BCUT2D eigenvalue weighted by Crippen LogP contribution is 2.43. The van der Waals surface area contributed by atoms with E-state index in [-0.39, 0.29) is 0 Å². The largest absolute Gasteiger partial charge is 0.383 e. The lowest BCUT2D eigenvalue weighted by Gasteiger charge is -2.27. The Kier molecular flexibility index (Phi) is 3.93. The molecule has 3 heterocycles. The summed E-state index contributed by atoms with van der Waals surface area (Å²) < 4.78 is 6.97. The highest BCUT2D eigenvalue weighted by Gasteiger charge is 2.30. The first-order chi connectivity index (χ1) is 9.70. The molecular weight excluding hydrogens is 294 g/mol. The fraction of sp³-hybridized carbons (Fsp3) is 0.583. The van der Waals surface area contributed by atoms with E-state index in [9.17, 15) is 0 Å². The van der Waals surface area contributed by atoms with Gasteiger partial charge in [0.1, 0.15) is 11.4 Å². The topological polar surface area (TPSA) is 82.8 Å². The van der Waals surface area contributed by atoms with Crippen molar-refractivity contribution in [2.45, 2.75) is 23.8 Å². The van der Waals surface area contributed by atoms with Crippen LogP contribution in [0.3, 0.4) is 0 Å². The minimum Gasteiger partial charge on any atom is -0.383 e. The third-order valence-electron chi connectivity index (χ3n) is 3.36. The fourth-order valence-corrected chi connectivity index (χ4v) is 5.20. The van der Waals surface area contributed by atoms with Crippen molar-refractivity contribution in [1.29, 1.82) is 0 Å². The van der Waals surface area contributed by atoms with Gasteiger partial charge in [0, 0.05) is 23.8 Å². The van der Waals surface area contributed by atoms with Crippen LogP contribution in [-0.2, 0) is 7.05 Å². The lowest BCUT2D eigenvalue weighted by atomic mass is 10.2. The average molecular weight is 311 g/mol. The van der Waals surface area contributed by atoms with E-state index in [4.69, 9.17) is 10.3 Å². The number of thioether (sulfide) groups is 2. The maximum atomic E-state index is 5.94. The van der Waals surface area contributed by atoms with E-state index in [1.165, 1.54) is 5.75 Å². The molecule has 1 saturated heterocycles. The second-order valence-corrected chi connectivity index (χ2v) is 7.23. The smallest absolute Gasteiger partial charge is 0.263 e. The molecule has 0 amide bonds. The Bertz CT molecular complexity index is 596. The first kappa shape index (κ1) is 13.8. The second-order valence-electron chi connectivity index (χ2n) is 4.63. The van der Waals surface area contributed by atoms with E-state index < -0.39 is 0 Å². The summed E-state index contributed by atoms with van der Waals surface area (Å²) in [7, 11) is 1.79. The maximum Gasteiger partial charge on any atom is 0.263 e. The van der Waals surface area contributed by atoms with Gasteiger partial charge in [-0.1, -0.05) is 12.1 Å². The van der Waals surface area contributed by atoms with Gasteiger partial charge in [-0.2, -0.15) is 21.8 Å². The summed E-state index contributed by atoms with van der Waals surface area (Å²) in [5.74, 6) is 4.09. The summed E-state index contributed by atoms with van der Waals surface area (Å²) in [6.07, 6.45) is 2.77. The number of anilines is 1.